The fraction of sp³-hybridized carbons (Fsp3) is 0.417. The van der Waals surface area contributed by atoms with Gasteiger partial charge in [-0.1, -0.05) is 39.7 Å². The molecular weight excluding hydrogens is 289 g/mol. The van der Waals surface area contributed by atoms with E-state index in [0.29, 0.717) is 11.4 Å². The van der Waals surface area contributed by atoms with E-state index in [1.54, 1.807) is 11.0 Å². The van der Waals surface area contributed by atoms with Gasteiger partial charge >= 0.3 is 0 Å². The lowest BCUT2D eigenvalue weighted by atomic mass is 10.1. The number of hydrogen-bond acceptors (Lipinski definition) is 1. The maximum absolute atomic E-state index is 11.9. The number of carbonyl (C=O) groups excluding carboxylic acids is 1. The summed E-state index contributed by atoms with van der Waals surface area (Å²) in [6.45, 7) is 2.00. The molecule has 0 radical (unpaired) electrons. The zero-order chi connectivity index (χ0) is 12.1. The van der Waals surface area contributed by atoms with Gasteiger partial charge in [-0.3, -0.25) is 4.79 Å². The van der Waals surface area contributed by atoms with Crippen LogP contribution < -0.4 is 0 Å². The van der Waals surface area contributed by atoms with Gasteiger partial charge in [-0.25, -0.2) is 0 Å². The number of likely N-dealkylation sites (N-methyl/N-ethyl adjacent to an activating group) is 1. The van der Waals surface area contributed by atoms with Crippen LogP contribution in [-0.2, 0) is 11.2 Å². The van der Waals surface area contributed by atoms with Gasteiger partial charge in [-0.2, -0.15) is 0 Å². The van der Waals surface area contributed by atoms with Gasteiger partial charge in [-0.05, 0) is 24.6 Å². The van der Waals surface area contributed by atoms with Gasteiger partial charge in [0.25, 0.3) is 0 Å². The summed E-state index contributed by atoms with van der Waals surface area (Å²) >= 11 is 9.23. The molecule has 0 saturated carbocycles. The van der Waals surface area contributed by atoms with Crippen molar-refractivity contribution < 1.29 is 4.79 Å². The fourth-order valence-electron chi connectivity index (χ4n) is 1.30. The lowest BCUT2D eigenvalue weighted by Gasteiger charge is -2.23. The number of benzene rings is 1. The Morgan fingerprint density at radius 1 is 1.56 bits per heavy atom. The molecule has 0 aromatic heterocycles. The molecule has 0 fully saturated rings. The fourth-order valence-corrected chi connectivity index (χ4v) is 1.94. The molecule has 1 atom stereocenters. The van der Waals surface area contributed by atoms with Gasteiger partial charge in [0.1, 0.15) is 0 Å². The molecule has 2 nitrogen and oxygen atoms in total. The highest BCUT2D eigenvalue weighted by molar-refractivity contribution is 9.09. The van der Waals surface area contributed by atoms with Crippen LogP contribution >= 0.6 is 27.5 Å². The molecule has 0 heterocycles. The first-order valence-corrected chi connectivity index (χ1v) is 6.60. The molecule has 0 aliphatic heterocycles. The van der Waals surface area contributed by atoms with Gasteiger partial charge in [-0.15, -0.1) is 0 Å². The normalized spacial score (nSPS) is 12.2. The minimum Gasteiger partial charge on any atom is -0.342 e. The smallest absolute Gasteiger partial charge is 0.226 e. The average molecular weight is 305 g/mol. The van der Waals surface area contributed by atoms with Crippen molar-refractivity contribution in [1.82, 2.24) is 4.90 Å². The first-order valence-electron chi connectivity index (χ1n) is 5.10. The van der Waals surface area contributed by atoms with E-state index in [9.17, 15) is 4.79 Å². The molecule has 0 aliphatic carbocycles. The molecule has 1 rings (SSSR count). The summed E-state index contributed by atoms with van der Waals surface area (Å²) in [4.78, 5) is 13.6. The van der Waals surface area contributed by atoms with E-state index in [-0.39, 0.29) is 11.9 Å². The topological polar surface area (TPSA) is 20.3 Å². The third-order valence-corrected chi connectivity index (χ3v) is 3.69. The lowest BCUT2D eigenvalue weighted by Crippen LogP contribution is -2.37. The monoisotopic (exact) mass is 303 g/mol. The Morgan fingerprint density at radius 2 is 2.25 bits per heavy atom. The highest BCUT2D eigenvalue weighted by Gasteiger charge is 2.14. The molecule has 0 aliphatic rings. The van der Waals surface area contributed by atoms with Crippen LogP contribution in [0.1, 0.15) is 12.5 Å². The van der Waals surface area contributed by atoms with E-state index in [1.807, 2.05) is 32.2 Å². The lowest BCUT2D eigenvalue weighted by molar-refractivity contribution is -0.130. The SMILES string of the molecule is CC(CBr)N(C)C(=O)Cc1cccc(Cl)c1. The maximum Gasteiger partial charge on any atom is 0.226 e. The zero-order valence-corrected chi connectivity index (χ0v) is 11.8. The second-order valence-electron chi connectivity index (χ2n) is 3.81. The summed E-state index contributed by atoms with van der Waals surface area (Å²) in [5, 5.41) is 1.45. The maximum atomic E-state index is 11.9. The van der Waals surface area contributed by atoms with Gasteiger partial charge in [0.15, 0.2) is 0 Å². The number of rotatable bonds is 4. The summed E-state index contributed by atoms with van der Waals surface area (Å²) in [7, 11) is 1.82. The molecular formula is C12H15BrClNO. The van der Waals surface area contributed by atoms with Gasteiger partial charge < -0.3 is 4.90 Å². The van der Waals surface area contributed by atoms with Crippen molar-refractivity contribution in [2.45, 2.75) is 19.4 Å². The number of carbonyl (C=O) groups is 1. The van der Waals surface area contributed by atoms with E-state index in [4.69, 9.17) is 11.6 Å². The minimum atomic E-state index is 0.106. The Hall–Kier alpha value is -0.540. The van der Waals surface area contributed by atoms with Crippen LogP contribution in [0.25, 0.3) is 0 Å². The standard InChI is InChI=1S/C12H15BrClNO/c1-9(8-13)15(2)12(16)7-10-4-3-5-11(14)6-10/h3-6,9H,7-8H2,1-2H3. The van der Waals surface area contributed by atoms with Crippen LogP contribution in [0.15, 0.2) is 24.3 Å². The summed E-state index contributed by atoms with van der Waals surface area (Å²) in [6.07, 6.45) is 0.397. The number of nitrogens with zero attached hydrogens (tertiary/aromatic N) is 1. The van der Waals surface area contributed by atoms with Crippen LogP contribution in [0.5, 0.6) is 0 Å². The Labute approximate surface area is 110 Å². The Morgan fingerprint density at radius 3 is 2.81 bits per heavy atom. The van der Waals surface area contributed by atoms with Crippen molar-refractivity contribution in [1.29, 1.82) is 0 Å². The molecule has 88 valence electrons. The summed E-state index contributed by atoms with van der Waals surface area (Å²) in [5.41, 5.74) is 0.950. The highest BCUT2D eigenvalue weighted by atomic mass is 79.9. The van der Waals surface area contributed by atoms with E-state index >= 15 is 0 Å². The van der Waals surface area contributed by atoms with Crippen molar-refractivity contribution in [3.63, 3.8) is 0 Å². The first-order chi connectivity index (χ1) is 7.54. The van der Waals surface area contributed by atoms with Crippen LogP contribution in [0, 0.1) is 0 Å². The van der Waals surface area contributed by atoms with Crippen LogP contribution in [0.4, 0.5) is 0 Å². The summed E-state index contributed by atoms with van der Waals surface area (Å²) in [5.74, 6) is 0.106. The van der Waals surface area contributed by atoms with Gasteiger partial charge in [0, 0.05) is 23.4 Å². The molecule has 1 unspecified atom stereocenters. The third kappa shape index (κ3) is 3.80. The van der Waals surface area contributed by atoms with E-state index < -0.39 is 0 Å². The van der Waals surface area contributed by atoms with Crippen LogP contribution in [0.3, 0.4) is 0 Å². The molecule has 0 saturated heterocycles. The van der Waals surface area contributed by atoms with Crippen molar-refractivity contribution in [3.05, 3.63) is 34.9 Å². The molecule has 1 aromatic carbocycles. The Balaban J connectivity index is 2.64. The first kappa shape index (κ1) is 13.5. The van der Waals surface area contributed by atoms with Gasteiger partial charge in [0.2, 0.25) is 5.91 Å². The van der Waals surface area contributed by atoms with E-state index in [1.165, 1.54) is 0 Å². The summed E-state index contributed by atoms with van der Waals surface area (Å²) in [6, 6.07) is 7.61. The predicted octanol–water partition coefficient (Wildman–Crippen LogP) is 3.12. The largest absolute Gasteiger partial charge is 0.342 e. The Kier molecular flexibility index (Phi) is 5.29. The van der Waals surface area contributed by atoms with Crippen LogP contribution in [0.2, 0.25) is 5.02 Å². The van der Waals surface area contributed by atoms with Crippen molar-refractivity contribution in [2.75, 3.05) is 12.4 Å². The van der Waals surface area contributed by atoms with Crippen molar-refractivity contribution in [2.24, 2.45) is 0 Å². The molecule has 4 heteroatoms. The predicted molar refractivity (Wildman–Crippen MR) is 71.2 cm³/mol. The average Bonchev–Trinajstić information content (AvgIpc) is 2.27. The molecule has 1 aromatic rings. The van der Waals surface area contributed by atoms with Crippen LogP contribution in [-0.4, -0.2) is 29.2 Å². The number of alkyl halides is 1. The molecule has 16 heavy (non-hydrogen) atoms. The van der Waals surface area contributed by atoms with E-state index in [0.717, 1.165) is 10.9 Å². The van der Waals surface area contributed by atoms with Crippen molar-refractivity contribution in [3.8, 4) is 0 Å². The van der Waals surface area contributed by atoms with E-state index in [2.05, 4.69) is 15.9 Å². The quantitative estimate of drug-likeness (QED) is 0.783. The summed E-state index contributed by atoms with van der Waals surface area (Å²) < 4.78 is 0. The molecule has 0 bridgehead atoms. The minimum absolute atomic E-state index is 0.106. The Bertz CT molecular complexity index is 370. The molecule has 1 amide bonds. The zero-order valence-electron chi connectivity index (χ0n) is 9.41. The second-order valence-corrected chi connectivity index (χ2v) is 4.90. The molecule has 0 spiro atoms. The molecule has 0 N–H and O–H groups in total. The highest BCUT2D eigenvalue weighted by Crippen LogP contribution is 2.12. The third-order valence-electron chi connectivity index (χ3n) is 2.52. The van der Waals surface area contributed by atoms with Crippen molar-refractivity contribution >= 4 is 33.4 Å². The second kappa shape index (κ2) is 6.26. The van der Waals surface area contributed by atoms with Gasteiger partial charge in [0.05, 0.1) is 6.42 Å². The number of halogens is 2. The number of amides is 1. The number of hydrogen-bond donors (Lipinski definition) is 0.